The number of nitrogens with zero attached hydrogens (tertiary/aromatic N) is 5. The average Bonchev–Trinajstić information content (AvgIpc) is 3.16. The molecular weight excluding hydrogens is 282 g/mol. The summed E-state index contributed by atoms with van der Waals surface area (Å²) in [5.41, 5.74) is 1.52. The fraction of sp³-hybridized carbons (Fsp3) is 0.467. The van der Waals surface area contributed by atoms with Gasteiger partial charge in [0.1, 0.15) is 0 Å². The summed E-state index contributed by atoms with van der Waals surface area (Å²) in [6, 6.07) is 7.52. The van der Waals surface area contributed by atoms with Gasteiger partial charge in [0.05, 0.1) is 19.7 Å². The third-order valence-corrected chi connectivity index (χ3v) is 3.90. The third kappa shape index (κ3) is 2.85. The first-order valence-electron chi connectivity index (χ1n) is 7.33. The van der Waals surface area contributed by atoms with Gasteiger partial charge in [-0.1, -0.05) is 12.1 Å². The highest BCUT2D eigenvalue weighted by atomic mass is 16.5. The topological polar surface area (TPSA) is 73.1 Å². The van der Waals surface area contributed by atoms with Crippen LogP contribution in [0.3, 0.4) is 0 Å². The summed E-state index contributed by atoms with van der Waals surface area (Å²) >= 11 is 0. The number of rotatable bonds is 4. The first-order valence-corrected chi connectivity index (χ1v) is 7.33. The monoisotopic (exact) mass is 301 g/mol. The highest BCUT2D eigenvalue weighted by Gasteiger charge is 2.29. The quantitative estimate of drug-likeness (QED) is 0.846. The molecule has 2 heterocycles. The lowest BCUT2D eigenvalue weighted by Crippen LogP contribution is -2.38. The Labute approximate surface area is 128 Å². The number of carbonyl (C=O) groups is 1. The van der Waals surface area contributed by atoms with E-state index in [0.717, 1.165) is 24.9 Å². The van der Waals surface area contributed by atoms with Gasteiger partial charge >= 0.3 is 0 Å². The first kappa shape index (κ1) is 14.6. The number of amides is 1. The number of methoxy groups -OCH3 is 1. The maximum absolute atomic E-state index is 12.6. The third-order valence-electron chi connectivity index (χ3n) is 3.90. The lowest BCUT2D eigenvalue weighted by Gasteiger charge is -2.24. The van der Waals surface area contributed by atoms with Gasteiger partial charge < -0.3 is 9.64 Å². The number of aromatic nitrogens is 4. The standard InChI is InChI=1S/C15H19N5O2/c1-19-17-14(16-18-19)11-5-7-12(8-6-11)15(21)20-9-3-4-13(20)10-22-2/h5-8,13H,3-4,9-10H2,1-2H3/t13-/m1/s1. The number of benzene rings is 1. The van der Waals surface area contributed by atoms with Crippen molar-refractivity contribution in [3.8, 4) is 11.4 Å². The van der Waals surface area contributed by atoms with Crippen LogP contribution in [0.15, 0.2) is 24.3 Å². The molecule has 0 unspecified atom stereocenters. The van der Waals surface area contributed by atoms with Crippen LogP contribution < -0.4 is 0 Å². The largest absolute Gasteiger partial charge is 0.383 e. The van der Waals surface area contributed by atoms with E-state index in [-0.39, 0.29) is 11.9 Å². The smallest absolute Gasteiger partial charge is 0.254 e. The van der Waals surface area contributed by atoms with Crippen molar-refractivity contribution in [3.05, 3.63) is 29.8 Å². The van der Waals surface area contributed by atoms with Crippen molar-refractivity contribution in [2.24, 2.45) is 7.05 Å². The van der Waals surface area contributed by atoms with E-state index in [1.54, 1.807) is 14.2 Å². The van der Waals surface area contributed by atoms with Crippen LogP contribution in [0.5, 0.6) is 0 Å². The molecule has 1 atom stereocenters. The maximum atomic E-state index is 12.6. The van der Waals surface area contributed by atoms with Crippen molar-refractivity contribution in [2.45, 2.75) is 18.9 Å². The average molecular weight is 301 g/mol. The molecule has 1 aliphatic rings. The summed E-state index contributed by atoms with van der Waals surface area (Å²) in [6.07, 6.45) is 2.03. The number of aryl methyl sites for hydroxylation is 1. The second-order valence-corrected chi connectivity index (χ2v) is 5.43. The number of carbonyl (C=O) groups excluding carboxylic acids is 1. The number of ether oxygens (including phenoxy) is 1. The molecule has 0 spiro atoms. The van der Waals surface area contributed by atoms with Crippen molar-refractivity contribution in [3.63, 3.8) is 0 Å². The van der Waals surface area contributed by atoms with E-state index in [9.17, 15) is 4.79 Å². The number of likely N-dealkylation sites (tertiary alicyclic amines) is 1. The molecule has 7 heteroatoms. The lowest BCUT2D eigenvalue weighted by molar-refractivity contribution is 0.0630. The second-order valence-electron chi connectivity index (χ2n) is 5.43. The van der Waals surface area contributed by atoms with Crippen LogP contribution in [-0.4, -0.2) is 57.3 Å². The SMILES string of the molecule is COC[C@H]1CCCN1C(=O)c1ccc(-c2nnn(C)n2)cc1. The van der Waals surface area contributed by atoms with Gasteiger partial charge in [-0.3, -0.25) is 4.79 Å². The zero-order valence-electron chi connectivity index (χ0n) is 12.8. The highest BCUT2D eigenvalue weighted by Crippen LogP contribution is 2.21. The Balaban J connectivity index is 1.76. The van der Waals surface area contributed by atoms with Gasteiger partial charge in [0, 0.05) is 24.8 Å². The van der Waals surface area contributed by atoms with E-state index >= 15 is 0 Å². The minimum Gasteiger partial charge on any atom is -0.383 e. The van der Waals surface area contributed by atoms with Crippen molar-refractivity contribution < 1.29 is 9.53 Å². The Bertz CT molecular complexity index is 652. The van der Waals surface area contributed by atoms with Gasteiger partial charge in [0.25, 0.3) is 5.91 Å². The molecule has 0 bridgehead atoms. The van der Waals surface area contributed by atoms with Crippen molar-refractivity contribution in [2.75, 3.05) is 20.3 Å². The number of hydrogen-bond donors (Lipinski definition) is 0. The summed E-state index contributed by atoms with van der Waals surface area (Å²) in [7, 11) is 3.39. The molecule has 1 aromatic carbocycles. The first-order chi connectivity index (χ1) is 10.7. The molecule has 0 radical (unpaired) electrons. The Morgan fingerprint density at radius 1 is 1.36 bits per heavy atom. The molecule has 0 aliphatic carbocycles. The molecule has 1 aliphatic heterocycles. The Kier molecular flexibility index (Phi) is 4.15. The van der Waals surface area contributed by atoms with Gasteiger partial charge in [0.2, 0.25) is 5.82 Å². The predicted molar refractivity (Wildman–Crippen MR) is 80.2 cm³/mol. The Morgan fingerprint density at radius 3 is 2.77 bits per heavy atom. The van der Waals surface area contributed by atoms with Crippen LogP contribution in [0.25, 0.3) is 11.4 Å². The minimum atomic E-state index is 0.0539. The Hall–Kier alpha value is -2.28. The van der Waals surface area contributed by atoms with E-state index in [4.69, 9.17) is 4.74 Å². The van der Waals surface area contributed by atoms with E-state index in [1.807, 2.05) is 29.2 Å². The van der Waals surface area contributed by atoms with Crippen LogP contribution in [0.1, 0.15) is 23.2 Å². The van der Waals surface area contributed by atoms with Crippen molar-refractivity contribution in [1.82, 2.24) is 25.1 Å². The molecule has 22 heavy (non-hydrogen) atoms. The summed E-state index contributed by atoms with van der Waals surface area (Å²) in [4.78, 5) is 15.9. The molecule has 1 amide bonds. The van der Waals surface area contributed by atoms with E-state index in [0.29, 0.717) is 18.0 Å². The summed E-state index contributed by atoms with van der Waals surface area (Å²) in [5.74, 6) is 0.609. The van der Waals surface area contributed by atoms with Gasteiger partial charge in [-0.15, -0.1) is 10.2 Å². The predicted octanol–water partition coefficient (Wildman–Crippen LogP) is 1.13. The van der Waals surface area contributed by atoms with Crippen molar-refractivity contribution in [1.29, 1.82) is 0 Å². The number of tetrazole rings is 1. The Morgan fingerprint density at radius 2 is 2.14 bits per heavy atom. The summed E-state index contributed by atoms with van der Waals surface area (Å²) in [6.45, 7) is 1.38. The molecule has 3 rings (SSSR count). The van der Waals surface area contributed by atoms with Gasteiger partial charge in [0.15, 0.2) is 0 Å². The molecule has 2 aromatic rings. The molecule has 0 saturated carbocycles. The van der Waals surface area contributed by atoms with E-state index < -0.39 is 0 Å². The molecule has 1 fully saturated rings. The molecule has 0 N–H and O–H groups in total. The highest BCUT2D eigenvalue weighted by molar-refractivity contribution is 5.95. The van der Waals surface area contributed by atoms with Gasteiger partial charge in [-0.25, -0.2) is 0 Å². The van der Waals surface area contributed by atoms with Crippen LogP contribution in [0.4, 0.5) is 0 Å². The van der Waals surface area contributed by atoms with Crippen LogP contribution in [0.2, 0.25) is 0 Å². The van der Waals surface area contributed by atoms with Crippen molar-refractivity contribution >= 4 is 5.91 Å². The fourth-order valence-electron chi connectivity index (χ4n) is 2.80. The van der Waals surface area contributed by atoms with Crippen LogP contribution in [-0.2, 0) is 11.8 Å². The lowest BCUT2D eigenvalue weighted by atomic mass is 10.1. The maximum Gasteiger partial charge on any atom is 0.254 e. The molecule has 7 nitrogen and oxygen atoms in total. The van der Waals surface area contributed by atoms with Crippen LogP contribution in [0, 0.1) is 0 Å². The minimum absolute atomic E-state index is 0.0539. The summed E-state index contributed by atoms with van der Waals surface area (Å²) in [5, 5.41) is 11.9. The molecule has 116 valence electrons. The molecule has 1 aromatic heterocycles. The van der Waals surface area contributed by atoms with Gasteiger partial charge in [-0.2, -0.15) is 4.80 Å². The zero-order chi connectivity index (χ0) is 15.5. The normalized spacial score (nSPS) is 17.9. The second kappa shape index (κ2) is 6.23. The molecular formula is C15H19N5O2. The van der Waals surface area contributed by atoms with Gasteiger partial charge in [-0.05, 0) is 30.2 Å². The zero-order valence-corrected chi connectivity index (χ0v) is 12.8. The van der Waals surface area contributed by atoms with E-state index in [1.165, 1.54) is 4.80 Å². The summed E-state index contributed by atoms with van der Waals surface area (Å²) < 4.78 is 5.20. The number of hydrogen-bond acceptors (Lipinski definition) is 5. The van der Waals surface area contributed by atoms with Crippen LogP contribution >= 0.6 is 0 Å². The molecule has 1 saturated heterocycles. The fourth-order valence-corrected chi connectivity index (χ4v) is 2.80. The van der Waals surface area contributed by atoms with E-state index in [2.05, 4.69) is 15.4 Å².